The molecule has 2 atom stereocenters. The van der Waals surface area contributed by atoms with Crippen molar-refractivity contribution in [2.24, 2.45) is 0 Å². The van der Waals surface area contributed by atoms with Crippen molar-refractivity contribution in [1.29, 1.82) is 5.26 Å². The van der Waals surface area contributed by atoms with E-state index < -0.39 is 0 Å². The number of nitrogens with zero attached hydrogens (tertiary/aromatic N) is 1. The standard InChI is InChI=1S/C12H13NO2/c13-8-9-3-1-4-10(7-9)15-12-6-2-5-11(12)14/h1,3-4,7,11-12,14H,2,5-6H2/t11-,12-/m0/s1. The fourth-order valence-electron chi connectivity index (χ4n) is 1.86. The molecule has 1 aromatic carbocycles. The SMILES string of the molecule is N#Cc1cccc(O[C@H]2CCC[C@@H]2O)c1. The zero-order valence-corrected chi connectivity index (χ0v) is 8.39. The average Bonchev–Trinajstić information content (AvgIpc) is 2.65. The summed E-state index contributed by atoms with van der Waals surface area (Å²) in [6, 6.07) is 9.09. The maximum absolute atomic E-state index is 9.59. The molecule has 1 saturated carbocycles. The number of benzene rings is 1. The second-order valence-corrected chi connectivity index (χ2v) is 3.79. The largest absolute Gasteiger partial charge is 0.488 e. The molecular weight excluding hydrogens is 190 g/mol. The highest BCUT2D eigenvalue weighted by Crippen LogP contribution is 2.24. The van der Waals surface area contributed by atoms with E-state index >= 15 is 0 Å². The van der Waals surface area contributed by atoms with Crippen LogP contribution in [0.3, 0.4) is 0 Å². The fraction of sp³-hybridized carbons (Fsp3) is 0.417. The third-order valence-corrected chi connectivity index (χ3v) is 2.67. The smallest absolute Gasteiger partial charge is 0.124 e. The maximum Gasteiger partial charge on any atom is 0.124 e. The van der Waals surface area contributed by atoms with Gasteiger partial charge in [0.25, 0.3) is 0 Å². The van der Waals surface area contributed by atoms with Gasteiger partial charge in [-0.25, -0.2) is 0 Å². The molecule has 0 heterocycles. The number of aliphatic hydroxyl groups excluding tert-OH is 1. The molecule has 0 amide bonds. The van der Waals surface area contributed by atoms with Gasteiger partial charge in [-0.15, -0.1) is 0 Å². The van der Waals surface area contributed by atoms with Crippen molar-refractivity contribution in [2.45, 2.75) is 31.5 Å². The summed E-state index contributed by atoms with van der Waals surface area (Å²) in [6.45, 7) is 0. The quantitative estimate of drug-likeness (QED) is 0.798. The van der Waals surface area contributed by atoms with Gasteiger partial charge in [-0.2, -0.15) is 5.26 Å². The van der Waals surface area contributed by atoms with E-state index in [-0.39, 0.29) is 12.2 Å². The third-order valence-electron chi connectivity index (χ3n) is 2.67. The van der Waals surface area contributed by atoms with Crippen LogP contribution < -0.4 is 4.74 Å². The van der Waals surface area contributed by atoms with Crippen molar-refractivity contribution in [1.82, 2.24) is 0 Å². The van der Waals surface area contributed by atoms with E-state index in [1.807, 2.05) is 6.07 Å². The summed E-state index contributed by atoms with van der Waals surface area (Å²) in [7, 11) is 0. The highest BCUT2D eigenvalue weighted by Gasteiger charge is 2.26. The van der Waals surface area contributed by atoms with Gasteiger partial charge in [0.1, 0.15) is 11.9 Å². The molecular formula is C12H13NO2. The van der Waals surface area contributed by atoms with Crippen LogP contribution in [0.25, 0.3) is 0 Å². The van der Waals surface area contributed by atoms with Gasteiger partial charge < -0.3 is 9.84 Å². The Balaban J connectivity index is 2.07. The molecule has 0 saturated heterocycles. The van der Waals surface area contributed by atoms with Crippen molar-refractivity contribution < 1.29 is 9.84 Å². The molecule has 3 heteroatoms. The zero-order valence-electron chi connectivity index (χ0n) is 8.39. The van der Waals surface area contributed by atoms with Crippen LogP contribution in [0, 0.1) is 11.3 Å². The van der Waals surface area contributed by atoms with E-state index in [2.05, 4.69) is 6.07 Å². The summed E-state index contributed by atoms with van der Waals surface area (Å²) in [5.41, 5.74) is 0.583. The molecule has 0 unspecified atom stereocenters. The van der Waals surface area contributed by atoms with E-state index in [0.29, 0.717) is 11.3 Å². The molecule has 0 aromatic heterocycles. The highest BCUT2D eigenvalue weighted by atomic mass is 16.5. The summed E-state index contributed by atoms with van der Waals surface area (Å²) in [5, 5.41) is 18.3. The number of hydrogen-bond acceptors (Lipinski definition) is 3. The maximum atomic E-state index is 9.59. The van der Waals surface area contributed by atoms with Gasteiger partial charge in [0.2, 0.25) is 0 Å². The minimum atomic E-state index is -0.365. The molecule has 0 radical (unpaired) electrons. The van der Waals surface area contributed by atoms with Crippen molar-refractivity contribution in [3.63, 3.8) is 0 Å². The lowest BCUT2D eigenvalue weighted by Crippen LogP contribution is -2.25. The number of rotatable bonds is 2. The average molecular weight is 203 g/mol. The van der Waals surface area contributed by atoms with Gasteiger partial charge in [0, 0.05) is 0 Å². The molecule has 15 heavy (non-hydrogen) atoms. The van der Waals surface area contributed by atoms with Crippen LogP contribution in [-0.2, 0) is 0 Å². The van der Waals surface area contributed by atoms with E-state index in [4.69, 9.17) is 10.00 Å². The van der Waals surface area contributed by atoms with Crippen LogP contribution in [0.2, 0.25) is 0 Å². The second kappa shape index (κ2) is 4.33. The first-order valence-corrected chi connectivity index (χ1v) is 5.14. The van der Waals surface area contributed by atoms with Gasteiger partial charge in [0.05, 0.1) is 17.7 Å². The molecule has 0 spiro atoms. The molecule has 3 nitrogen and oxygen atoms in total. The summed E-state index contributed by atoms with van der Waals surface area (Å²) in [4.78, 5) is 0. The minimum Gasteiger partial charge on any atom is -0.488 e. The Morgan fingerprint density at radius 2 is 2.27 bits per heavy atom. The third kappa shape index (κ3) is 2.28. The molecule has 1 aromatic rings. The van der Waals surface area contributed by atoms with Crippen molar-refractivity contribution >= 4 is 0 Å². The number of ether oxygens (including phenoxy) is 1. The van der Waals surface area contributed by atoms with Crippen LogP contribution in [-0.4, -0.2) is 17.3 Å². The fourth-order valence-corrected chi connectivity index (χ4v) is 1.86. The molecule has 0 aliphatic heterocycles. The Kier molecular flexibility index (Phi) is 2.89. The molecule has 2 rings (SSSR count). The predicted octanol–water partition coefficient (Wildman–Crippen LogP) is 1.85. The van der Waals surface area contributed by atoms with Crippen LogP contribution in [0.5, 0.6) is 5.75 Å². The molecule has 1 fully saturated rings. The lowest BCUT2D eigenvalue weighted by Gasteiger charge is -2.16. The van der Waals surface area contributed by atoms with Crippen LogP contribution >= 0.6 is 0 Å². The lowest BCUT2D eigenvalue weighted by atomic mass is 10.2. The molecule has 1 aliphatic rings. The van der Waals surface area contributed by atoms with Gasteiger partial charge in [-0.05, 0) is 37.5 Å². The van der Waals surface area contributed by atoms with Crippen molar-refractivity contribution in [3.05, 3.63) is 29.8 Å². The summed E-state index contributed by atoms with van der Waals surface area (Å²) in [6.07, 6.45) is 2.22. The summed E-state index contributed by atoms with van der Waals surface area (Å²) >= 11 is 0. The second-order valence-electron chi connectivity index (χ2n) is 3.79. The van der Waals surface area contributed by atoms with E-state index in [1.165, 1.54) is 0 Å². The van der Waals surface area contributed by atoms with E-state index in [1.54, 1.807) is 18.2 Å². The minimum absolute atomic E-state index is 0.112. The normalized spacial score (nSPS) is 24.8. The molecule has 1 N–H and O–H groups in total. The van der Waals surface area contributed by atoms with E-state index in [9.17, 15) is 5.11 Å². The summed E-state index contributed by atoms with van der Waals surface area (Å²) < 4.78 is 5.63. The molecule has 0 bridgehead atoms. The number of hydrogen-bond donors (Lipinski definition) is 1. The van der Waals surface area contributed by atoms with Crippen molar-refractivity contribution in [2.75, 3.05) is 0 Å². The van der Waals surface area contributed by atoms with Crippen LogP contribution in [0.15, 0.2) is 24.3 Å². The predicted molar refractivity (Wildman–Crippen MR) is 55.4 cm³/mol. The lowest BCUT2D eigenvalue weighted by molar-refractivity contribution is 0.0604. The van der Waals surface area contributed by atoms with Gasteiger partial charge >= 0.3 is 0 Å². The van der Waals surface area contributed by atoms with Crippen molar-refractivity contribution in [3.8, 4) is 11.8 Å². The Morgan fingerprint density at radius 3 is 2.93 bits per heavy atom. The van der Waals surface area contributed by atoms with Gasteiger partial charge in [-0.3, -0.25) is 0 Å². The summed E-state index contributed by atoms with van der Waals surface area (Å²) in [5.74, 6) is 0.667. The zero-order chi connectivity index (χ0) is 10.7. The van der Waals surface area contributed by atoms with Crippen LogP contribution in [0.4, 0.5) is 0 Å². The monoisotopic (exact) mass is 203 g/mol. The molecule has 1 aliphatic carbocycles. The van der Waals surface area contributed by atoms with Gasteiger partial charge in [-0.1, -0.05) is 6.07 Å². The topological polar surface area (TPSA) is 53.2 Å². The highest BCUT2D eigenvalue weighted by molar-refractivity contribution is 5.36. The number of aliphatic hydroxyl groups is 1. The Morgan fingerprint density at radius 1 is 1.40 bits per heavy atom. The molecule has 78 valence electrons. The first kappa shape index (κ1) is 10.0. The Hall–Kier alpha value is -1.53. The Labute approximate surface area is 88.9 Å². The first-order valence-electron chi connectivity index (χ1n) is 5.14. The Bertz CT molecular complexity index is 383. The van der Waals surface area contributed by atoms with Gasteiger partial charge in [0.15, 0.2) is 0 Å². The van der Waals surface area contributed by atoms with Crippen LogP contribution in [0.1, 0.15) is 24.8 Å². The first-order chi connectivity index (χ1) is 7.29. The number of nitriles is 1. The van der Waals surface area contributed by atoms with E-state index in [0.717, 1.165) is 19.3 Å².